The van der Waals surface area contributed by atoms with Gasteiger partial charge in [-0.1, -0.05) is 37.3 Å². The molecule has 1 aliphatic rings. The second-order valence-electron chi connectivity index (χ2n) is 5.95. The standard InChI is InChI=1S/C18H27NO3/c1-4-16(17(20)21-5-2)18(19-3)11-15(12-18)22-13-14-9-7-6-8-10-14/h6-10,15-16,19H,4-5,11-13H2,1-3H3. The van der Waals surface area contributed by atoms with Crippen LogP contribution in [0.3, 0.4) is 0 Å². The zero-order valence-corrected chi connectivity index (χ0v) is 13.8. The minimum Gasteiger partial charge on any atom is -0.466 e. The predicted octanol–water partition coefficient (Wildman–Crippen LogP) is 2.91. The Bertz CT molecular complexity index is 468. The molecule has 4 heteroatoms. The molecule has 0 bridgehead atoms. The highest BCUT2D eigenvalue weighted by Crippen LogP contribution is 2.42. The van der Waals surface area contributed by atoms with Crippen molar-refractivity contribution in [3.05, 3.63) is 35.9 Å². The molecule has 1 aromatic rings. The van der Waals surface area contributed by atoms with Crippen molar-refractivity contribution < 1.29 is 14.3 Å². The first-order chi connectivity index (χ1) is 10.6. The first-order valence-corrected chi connectivity index (χ1v) is 8.16. The smallest absolute Gasteiger partial charge is 0.310 e. The van der Waals surface area contributed by atoms with Gasteiger partial charge in [-0.15, -0.1) is 0 Å². The van der Waals surface area contributed by atoms with Crippen LogP contribution < -0.4 is 5.32 Å². The maximum absolute atomic E-state index is 12.2. The van der Waals surface area contributed by atoms with Crippen molar-refractivity contribution in [2.24, 2.45) is 5.92 Å². The van der Waals surface area contributed by atoms with Crippen LogP contribution in [0.1, 0.15) is 38.7 Å². The van der Waals surface area contributed by atoms with Crippen LogP contribution in [0.4, 0.5) is 0 Å². The Balaban J connectivity index is 1.88. The third-order valence-corrected chi connectivity index (χ3v) is 4.66. The first kappa shape index (κ1) is 17.0. The number of esters is 1. The monoisotopic (exact) mass is 305 g/mol. The number of nitrogens with one attached hydrogen (secondary N) is 1. The fraction of sp³-hybridized carbons (Fsp3) is 0.611. The highest BCUT2D eigenvalue weighted by molar-refractivity contribution is 5.74. The van der Waals surface area contributed by atoms with Gasteiger partial charge in [-0.2, -0.15) is 0 Å². The average molecular weight is 305 g/mol. The van der Waals surface area contributed by atoms with Crippen LogP contribution >= 0.6 is 0 Å². The summed E-state index contributed by atoms with van der Waals surface area (Å²) in [5, 5.41) is 3.35. The lowest BCUT2D eigenvalue weighted by atomic mass is 9.65. The van der Waals surface area contributed by atoms with Gasteiger partial charge >= 0.3 is 5.97 Å². The summed E-state index contributed by atoms with van der Waals surface area (Å²) in [6, 6.07) is 10.2. The van der Waals surface area contributed by atoms with Gasteiger partial charge in [0.2, 0.25) is 0 Å². The number of ether oxygens (including phenoxy) is 2. The third kappa shape index (κ3) is 3.68. The van der Waals surface area contributed by atoms with Crippen molar-refractivity contribution >= 4 is 5.97 Å². The number of hydrogen-bond acceptors (Lipinski definition) is 4. The van der Waals surface area contributed by atoms with Crippen LogP contribution in [0.15, 0.2) is 30.3 Å². The molecule has 1 unspecified atom stereocenters. The fourth-order valence-electron chi connectivity index (χ4n) is 3.35. The van der Waals surface area contributed by atoms with Crippen molar-refractivity contribution in [1.29, 1.82) is 0 Å². The molecule has 22 heavy (non-hydrogen) atoms. The Morgan fingerprint density at radius 3 is 2.55 bits per heavy atom. The largest absolute Gasteiger partial charge is 0.466 e. The van der Waals surface area contributed by atoms with Gasteiger partial charge < -0.3 is 14.8 Å². The molecule has 0 aliphatic heterocycles. The molecule has 0 spiro atoms. The Morgan fingerprint density at radius 1 is 1.32 bits per heavy atom. The van der Waals surface area contributed by atoms with Crippen LogP contribution in [0.2, 0.25) is 0 Å². The van der Waals surface area contributed by atoms with Gasteiger partial charge in [-0.3, -0.25) is 4.79 Å². The molecule has 1 fully saturated rings. The summed E-state index contributed by atoms with van der Waals surface area (Å²) in [5.41, 5.74) is 1.00. The molecule has 1 aromatic carbocycles. The molecule has 0 heterocycles. The zero-order valence-electron chi connectivity index (χ0n) is 13.8. The van der Waals surface area contributed by atoms with Crippen molar-refractivity contribution in [3.8, 4) is 0 Å². The third-order valence-electron chi connectivity index (χ3n) is 4.66. The topological polar surface area (TPSA) is 47.6 Å². The van der Waals surface area contributed by atoms with E-state index in [-0.39, 0.29) is 23.5 Å². The predicted molar refractivity (Wildman–Crippen MR) is 86.5 cm³/mol. The van der Waals surface area contributed by atoms with Crippen LogP contribution in [0.25, 0.3) is 0 Å². The highest BCUT2D eigenvalue weighted by Gasteiger charge is 2.51. The lowest BCUT2D eigenvalue weighted by Crippen LogP contribution is -2.63. The summed E-state index contributed by atoms with van der Waals surface area (Å²) in [6.07, 6.45) is 2.70. The maximum atomic E-state index is 12.2. The summed E-state index contributed by atoms with van der Waals surface area (Å²) in [7, 11) is 1.93. The van der Waals surface area contributed by atoms with E-state index < -0.39 is 0 Å². The highest BCUT2D eigenvalue weighted by atomic mass is 16.5. The molecule has 1 N–H and O–H groups in total. The number of hydrogen-bond donors (Lipinski definition) is 1. The Labute approximate surface area is 133 Å². The van der Waals surface area contributed by atoms with Crippen molar-refractivity contribution in [2.75, 3.05) is 13.7 Å². The number of carbonyl (C=O) groups excluding carboxylic acids is 1. The fourth-order valence-corrected chi connectivity index (χ4v) is 3.35. The van der Waals surface area contributed by atoms with E-state index in [1.807, 2.05) is 39.1 Å². The van der Waals surface area contributed by atoms with Crippen molar-refractivity contribution in [2.45, 2.75) is 51.4 Å². The second kappa shape index (κ2) is 7.75. The molecule has 4 nitrogen and oxygen atoms in total. The second-order valence-corrected chi connectivity index (χ2v) is 5.95. The van der Waals surface area contributed by atoms with Crippen molar-refractivity contribution in [1.82, 2.24) is 5.32 Å². The summed E-state index contributed by atoms with van der Waals surface area (Å²) in [6.45, 7) is 4.95. The molecular formula is C18H27NO3. The van der Waals surface area contributed by atoms with E-state index in [1.165, 1.54) is 5.56 Å². The molecular weight excluding hydrogens is 278 g/mol. The minimum absolute atomic E-state index is 0.0964. The molecule has 0 radical (unpaired) electrons. The Hall–Kier alpha value is -1.39. The van der Waals surface area contributed by atoms with Gasteiger partial charge in [0.1, 0.15) is 0 Å². The van der Waals surface area contributed by atoms with E-state index >= 15 is 0 Å². The molecule has 0 amide bonds. The summed E-state index contributed by atoms with van der Waals surface area (Å²) >= 11 is 0. The van der Waals surface area contributed by atoms with E-state index in [0.29, 0.717) is 13.2 Å². The van der Waals surface area contributed by atoms with Crippen LogP contribution in [-0.2, 0) is 20.9 Å². The molecule has 0 saturated heterocycles. The molecule has 1 saturated carbocycles. The quantitative estimate of drug-likeness (QED) is 0.750. The van der Waals surface area contributed by atoms with Crippen LogP contribution in [-0.4, -0.2) is 31.3 Å². The van der Waals surface area contributed by atoms with Gasteiger partial charge in [-0.05, 0) is 38.8 Å². The number of carbonyl (C=O) groups is 1. The zero-order chi connectivity index (χ0) is 16.0. The first-order valence-electron chi connectivity index (χ1n) is 8.16. The van der Waals surface area contributed by atoms with E-state index in [1.54, 1.807) is 0 Å². The van der Waals surface area contributed by atoms with Gasteiger partial charge in [-0.25, -0.2) is 0 Å². The Morgan fingerprint density at radius 2 is 2.00 bits per heavy atom. The SMILES string of the molecule is CCOC(=O)C(CC)C1(NC)CC(OCc2ccccc2)C1. The van der Waals surface area contributed by atoms with E-state index in [2.05, 4.69) is 17.4 Å². The molecule has 122 valence electrons. The number of benzene rings is 1. The van der Waals surface area contributed by atoms with E-state index in [9.17, 15) is 4.79 Å². The van der Waals surface area contributed by atoms with E-state index in [4.69, 9.17) is 9.47 Å². The molecule has 2 rings (SSSR count). The van der Waals surface area contributed by atoms with Crippen LogP contribution in [0, 0.1) is 5.92 Å². The molecule has 1 atom stereocenters. The lowest BCUT2D eigenvalue weighted by Gasteiger charge is -2.50. The Kier molecular flexibility index (Phi) is 5.98. The summed E-state index contributed by atoms with van der Waals surface area (Å²) in [4.78, 5) is 12.2. The summed E-state index contributed by atoms with van der Waals surface area (Å²) < 4.78 is 11.2. The average Bonchev–Trinajstić information content (AvgIpc) is 2.50. The maximum Gasteiger partial charge on any atom is 0.310 e. The van der Waals surface area contributed by atoms with E-state index in [0.717, 1.165) is 19.3 Å². The van der Waals surface area contributed by atoms with Gasteiger partial charge in [0.25, 0.3) is 0 Å². The lowest BCUT2D eigenvalue weighted by molar-refractivity contribution is -0.158. The van der Waals surface area contributed by atoms with Crippen molar-refractivity contribution in [3.63, 3.8) is 0 Å². The minimum atomic E-state index is -0.178. The van der Waals surface area contributed by atoms with Gasteiger partial charge in [0.15, 0.2) is 0 Å². The van der Waals surface area contributed by atoms with Crippen LogP contribution in [0.5, 0.6) is 0 Å². The van der Waals surface area contributed by atoms with Gasteiger partial charge in [0, 0.05) is 5.54 Å². The molecule has 1 aliphatic carbocycles. The normalized spacial score (nSPS) is 25.3. The molecule has 0 aromatic heterocycles. The summed E-state index contributed by atoms with van der Waals surface area (Å²) in [5.74, 6) is -0.199. The van der Waals surface area contributed by atoms with Gasteiger partial charge in [0.05, 0.1) is 25.2 Å². The number of rotatable bonds is 8.